The van der Waals surface area contributed by atoms with Gasteiger partial charge in [-0.15, -0.1) is 0 Å². The summed E-state index contributed by atoms with van der Waals surface area (Å²) in [6.07, 6.45) is -0.453. The Kier molecular flexibility index (Phi) is 5.98. The Bertz CT molecular complexity index is 516. The predicted molar refractivity (Wildman–Crippen MR) is 76.2 cm³/mol. The number of nitrogens with two attached hydrogens (primary N) is 1. The van der Waals surface area contributed by atoms with Gasteiger partial charge in [0.15, 0.2) is 6.10 Å². The molecule has 0 fully saturated rings. The first-order valence-corrected chi connectivity index (χ1v) is 6.36. The highest BCUT2D eigenvalue weighted by molar-refractivity contribution is 5.90. The lowest BCUT2D eigenvalue weighted by Gasteiger charge is -2.18. The van der Waals surface area contributed by atoms with E-state index in [2.05, 4.69) is 4.74 Å². The molecular formula is C14H20N2O5. The van der Waals surface area contributed by atoms with E-state index in [1.54, 1.807) is 0 Å². The zero-order chi connectivity index (χ0) is 16.0. The van der Waals surface area contributed by atoms with Crippen molar-refractivity contribution < 1.29 is 24.2 Å². The monoisotopic (exact) mass is 296 g/mol. The lowest BCUT2D eigenvalue weighted by atomic mass is 10.2. The Balaban J connectivity index is 2.90. The minimum absolute atomic E-state index is 0.128. The standard InChI is InChI=1S/C14H20N2O5/c1-16(2)5-4-12(13(15)18)21-11-7-9(14(19)20-3)6-10(17)8-11/h6-8,12,17H,4-5H2,1-3H3,(H2,15,18). The van der Waals surface area contributed by atoms with E-state index in [0.29, 0.717) is 13.0 Å². The van der Waals surface area contributed by atoms with E-state index in [0.717, 1.165) is 0 Å². The summed E-state index contributed by atoms with van der Waals surface area (Å²) in [7, 11) is 4.96. The number of nitrogens with zero attached hydrogens (tertiary/aromatic N) is 1. The summed E-state index contributed by atoms with van der Waals surface area (Å²) in [5.74, 6) is -1.21. The minimum Gasteiger partial charge on any atom is -0.508 e. The maximum Gasteiger partial charge on any atom is 0.338 e. The highest BCUT2D eigenvalue weighted by Crippen LogP contribution is 2.23. The number of carbonyl (C=O) groups is 2. The molecule has 7 nitrogen and oxygen atoms in total. The normalized spacial score (nSPS) is 12.0. The van der Waals surface area contributed by atoms with Crippen LogP contribution in [0.4, 0.5) is 0 Å². The molecule has 1 unspecified atom stereocenters. The van der Waals surface area contributed by atoms with E-state index < -0.39 is 18.0 Å². The molecule has 0 spiro atoms. The molecule has 1 atom stereocenters. The van der Waals surface area contributed by atoms with Gasteiger partial charge in [-0.3, -0.25) is 4.79 Å². The first kappa shape index (κ1) is 16.8. The summed E-state index contributed by atoms with van der Waals surface area (Å²) >= 11 is 0. The molecule has 0 aliphatic heterocycles. The number of phenols is 1. The van der Waals surface area contributed by atoms with Crippen LogP contribution < -0.4 is 10.5 Å². The van der Waals surface area contributed by atoms with Crippen molar-refractivity contribution in [3.63, 3.8) is 0 Å². The van der Waals surface area contributed by atoms with Gasteiger partial charge >= 0.3 is 5.97 Å². The molecule has 1 rings (SSSR count). The second-order valence-electron chi connectivity index (χ2n) is 4.81. The Morgan fingerprint density at radius 3 is 2.52 bits per heavy atom. The summed E-state index contributed by atoms with van der Waals surface area (Å²) in [5.41, 5.74) is 5.42. The van der Waals surface area contributed by atoms with Gasteiger partial charge in [-0.2, -0.15) is 0 Å². The van der Waals surface area contributed by atoms with Crippen LogP contribution in [0.5, 0.6) is 11.5 Å². The third kappa shape index (κ3) is 5.31. The second-order valence-corrected chi connectivity index (χ2v) is 4.81. The van der Waals surface area contributed by atoms with Crippen molar-refractivity contribution >= 4 is 11.9 Å². The van der Waals surface area contributed by atoms with Crippen LogP contribution in [0, 0.1) is 0 Å². The minimum atomic E-state index is -0.848. The van der Waals surface area contributed by atoms with E-state index in [9.17, 15) is 14.7 Å². The van der Waals surface area contributed by atoms with E-state index in [-0.39, 0.29) is 17.1 Å². The Labute approximate surface area is 123 Å². The van der Waals surface area contributed by atoms with Crippen LogP contribution >= 0.6 is 0 Å². The average molecular weight is 296 g/mol. The quantitative estimate of drug-likeness (QED) is 0.705. The lowest BCUT2D eigenvalue weighted by molar-refractivity contribution is -0.125. The smallest absolute Gasteiger partial charge is 0.338 e. The van der Waals surface area contributed by atoms with Crippen LogP contribution in [0.3, 0.4) is 0 Å². The van der Waals surface area contributed by atoms with Crippen molar-refractivity contribution in [2.75, 3.05) is 27.7 Å². The lowest BCUT2D eigenvalue weighted by Crippen LogP contribution is -2.36. The first-order valence-electron chi connectivity index (χ1n) is 6.36. The molecule has 21 heavy (non-hydrogen) atoms. The summed E-state index contributed by atoms with van der Waals surface area (Å²) in [6.45, 7) is 0.607. The fourth-order valence-corrected chi connectivity index (χ4v) is 1.69. The summed E-state index contributed by atoms with van der Waals surface area (Å²) in [4.78, 5) is 24.8. The molecule has 0 saturated heterocycles. The zero-order valence-electron chi connectivity index (χ0n) is 12.3. The van der Waals surface area contributed by atoms with Crippen LogP contribution in [-0.2, 0) is 9.53 Å². The largest absolute Gasteiger partial charge is 0.508 e. The van der Waals surface area contributed by atoms with E-state index in [1.165, 1.54) is 25.3 Å². The Morgan fingerprint density at radius 1 is 1.33 bits per heavy atom. The summed E-state index contributed by atoms with van der Waals surface area (Å²) in [6, 6.07) is 3.94. The van der Waals surface area contributed by atoms with Gasteiger partial charge in [0.25, 0.3) is 5.91 Å². The van der Waals surface area contributed by atoms with E-state index >= 15 is 0 Å². The molecule has 0 radical (unpaired) electrons. The van der Waals surface area contributed by atoms with Gasteiger partial charge in [0.05, 0.1) is 12.7 Å². The maximum absolute atomic E-state index is 11.5. The fourth-order valence-electron chi connectivity index (χ4n) is 1.69. The molecule has 1 amide bonds. The van der Waals surface area contributed by atoms with Gasteiger partial charge in [0, 0.05) is 19.0 Å². The summed E-state index contributed by atoms with van der Waals surface area (Å²) in [5, 5.41) is 9.60. The second kappa shape index (κ2) is 7.49. The van der Waals surface area contributed by atoms with E-state index in [1.807, 2.05) is 19.0 Å². The van der Waals surface area contributed by atoms with Crippen LogP contribution in [0.15, 0.2) is 18.2 Å². The highest BCUT2D eigenvalue weighted by Gasteiger charge is 2.19. The number of ether oxygens (including phenoxy) is 2. The molecule has 1 aromatic carbocycles. The van der Waals surface area contributed by atoms with E-state index in [4.69, 9.17) is 10.5 Å². The number of phenolic OH excluding ortho intramolecular Hbond substituents is 1. The number of esters is 1. The van der Waals surface area contributed by atoms with Crippen molar-refractivity contribution in [2.45, 2.75) is 12.5 Å². The first-order chi connectivity index (χ1) is 9.83. The molecular weight excluding hydrogens is 276 g/mol. The van der Waals surface area contributed by atoms with Gasteiger partial charge in [-0.1, -0.05) is 0 Å². The topological polar surface area (TPSA) is 102 Å². The molecule has 0 aromatic heterocycles. The van der Waals surface area contributed by atoms with Crippen molar-refractivity contribution in [3.05, 3.63) is 23.8 Å². The summed E-state index contributed by atoms with van der Waals surface area (Å²) < 4.78 is 10.0. The van der Waals surface area contributed by atoms with Gasteiger partial charge in [0.2, 0.25) is 0 Å². The van der Waals surface area contributed by atoms with Crippen molar-refractivity contribution in [1.29, 1.82) is 0 Å². The molecule has 1 aromatic rings. The highest BCUT2D eigenvalue weighted by atomic mass is 16.5. The van der Waals surface area contributed by atoms with Crippen molar-refractivity contribution in [1.82, 2.24) is 4.90 Å². The zero-order valence-corrected chi connectivity index (χ0v) is 12.3. The van der Waals surface area contributed by atoms with Crippen LogP contribution in [0.1, 0.15) is 16.8 Å². The van der Waals surface area contributed by atoms with Gasteiger partial charge < -0.3 is 25.2 Å². The number of amides is 1. The van der Waals surface area contributed by atoms with Crippen molar-refractivity contribution in [2.24, 2.45) is 5.73 Å². The molecule has 0 bridgehead atoms. The van der Waals surface area contributed by atoms with Crippen molar-refractivity contribution in [3.8, 4) is 11.5 Å². The number of primary amides is 1. The predicted octanol–water partition coefficient (Wildman–Crippen LogP) is 0.363. The van der Waals surface area contributed by atoms with Gasteiger partial charge in [0.1, 0.15) is 11.5 Å². The molecule has 0 aliphatic rings. The van der Waals surface area contributed by atoms with Gasteiger partial charge in [-0.05, 0) is 26.2 Å². The molecule has 116 valence electrons. The van der Waals surface area contributed by atoms with Crippen LogP contribution in [0.25, 0.3) is 0 Å². The number of rotatable bonds is 7. The average Bonchev–Trinajstić information content (AvgIpc) is 2.41. The SMILES string of the molecule is COC(=O)c1cc(O)cc(OC(CCN(C)C)C(N)=O)c1. The Hall–Kier alpha value is -2.28. The maximum atomic E-state index is 11.5. The molecule has 0 heterocycles. The number of hydrogen-bond acceptors (Lipinski definition) is 6. The number of hydrogen-bond donors (Lipinski definition) is 2. The van der Waals surface area contributed by atoms with Crippen LogP contribution in [0.2, 0.25) is 0 Å². The number of aromatic hydroxyl groups is 1. The fraction of sp³-hybridized carbons (Fsp3) is 0.429. The third-order valence-corrected chi connectivity index (χ3v) is 2.75. The Morgan fingerprint density at radius 2 is 2.00 bits per heavy atom. The molecule has 3 N–H and O–H groups in total. The number of methoxy groups -OCH3 is 1. The number of carbonyl (C=O) groups excluding carboxylic acids is 2. The number of benzene rings is 1. The third-order valence-electron chi connectivity index (χ3n) is 2.75. The van der Waals surface area contributed by atoms with Gasteiger partial charge in [-0.25, -0.2) is 4.79 Å². The molecule has 0 saturated carbocycles. The molecule has 0 aliphatic carbocycles. The van der Waals surface area contributed by atoms with Crippen LogP contribution in [-0.4, -0.2) is 55.7 Å². The molecule has 7 heteroatoms.